The van der Waals surface area contributed by atoms with Crippen molar-refractivity contribution in [3.63, 3.8) is 0 Å². The third kappa shape index (κ3) is 3.78. The highest BCUT2D eigenvalue weighted by molar-refractivity contribution is 8.16. The highest BCUT2D eigenvalue weighted by atomic mass is 32.2. The Labute approximate surface area is 169 Å². The predicted molar refractivity (Wildman–Crippen MR) is 116 cm³/mol. The van der Waals surface area contributed by atoms with Crippen LogP contribution in [0.1, 0.15) is 23.6 Å². The summed E-state index contributed by atoms with van der Waals surface area (Å²) in [4.78, 5) is 19.2. The zero-order valence-corrected chi connectivity index (χ0v) is 17.0. The molecule has 0 aliphatic carbocycles. The number of hydrogen-bond acceptors (Lipinski definition) is 5. The number of benzene rings is 2. The number of aryl methyl sites for hydroxylation is 2. The Morgan fingerprint density at radius 3 is 2.71 bits per heavy atom. The number of nitrogens with one attached hydrogen (secondary N) is 1. The monoisotopic (exact) mass is 393 g/mol. The van der Waals surface area contributed by atoms with Gasteiger partial charge in [0.1, 0.15) is 5.75 Å². The minimum Gasteiger partial charge on any atom is -0.481 e. The summed E-state index contributed by atoms with van der Waals surface area (Å²) < 4.78 is 5.79. The van der Waals surface area contributed by atoms with Gasteiger partial charge >= 0.3 is 0 Å². The van der Waals surface area contributed by atoms with Crippen LogP contribution in [0.4, 0.5) is 5.69 Å². The van der Waals surface area contributed by atoms with Gasteiger partial charge in [-0.05, 0) is 61.7 Å². The maximum absolute atomic E-state index is 12.5. The van der Waals surface area contributed by atoms with Crippen molar-refractivity contribution in [2.75, 3.05) is 18.4 Å². The van der Waals surface area contributed by atoms with E-state index in [0.29, 0.717) is 5.75 Å². The largest absolute Gasteiger partial charge is 0.481 e. The Hall–Kier alpha value is -2.73. The van der Waals surface area contributed by atoms with Crippen molar-refractivity contribution in [1.29, 1.82) is 0 Å². The summed E-state index contributed by atoms with van der Waals surface area (Å²) in [6.07, 6.45) is -0.584. The second kappa shape index (κ2) is 7.72. The lowest BCUT2D eigenvalue weighted by Gasteiger charge is -2.18. The minimum atomic E-state index is -0.584. The number of thioether (sulfide) groups is 1. The Kier molecular flexibility index (Phi) is 5.13. The number of hydrogen-bond donors (Lipinski definition) is 1. The van der Waals surface area contributed by atoms with Crippen LogP contribution in [0, 0.1) is 13.8 Å². The number of rotatable bonds is 5. The van der Waals surface area contributed by atoms with Crippen molar-refractivity contribution in [1.82, 2.24) is 4.90 Å². The molecule has 1 N–H and O–H groups in total. The molecule has 0 bridgehead atoms. The van der Waals surface area contributed by atoms with E-state index in [1.165, 1.54) is 11.3 Å². The highest BCUT2D eigenvalue weighted by Gasteiger charge is 2.27. The van der Waals surface area contributed by atoms with E-state index in [2.05, 4.69) is 27.5 Å². The zero-order valence-electron chi connectivity index (χ0n) is 16.2. The lowest BCUT2D eigenvalue weighted by Crippen LogP contribution is -2.30. The number of amidine groups is 1. The molecular weight excluding hydrogens is 370 g/mol. The summed E-state index contributed by atoms with van der Waals surface area (Å²) in [7, 11) is 0. The molecule has 1 amide bonds. The number of aliphatic imine (C=N–C) groups is 1. The Morgan fingerprint density at radius 2 is 1.96 bits per heavy atom. The zero-order chi connectivity index (χ0) is 19.7. The molecular formula is C22H23N3O2S. The first-order valence-corrected chi connectivity index (χ1v) is 10.2. The van der Waals surface area contributed by atoms with Gasteiger partial charge in [0.25, 0.3) is 5.91 Å². The topological polar surface area (TPSA) is 53.9 Å². The fourth-order valence-corrected chi connectivity index (χ4v) is 4.12. The summed E-state index contributed by atoms with van der Waals surface area (Å²) in [5, 5.41) is 6.13. The van der Waals surface area contributed by atoms with Gasteiger partial charge in [0.2, 0.25) is 0 Å². The van der Waals surface area contributed by atoms with E-state index in [1.807, 2.05) is 49.4 Å². The van der Waals surface area contributed by atoms with Crippen LogP contribution in [0.3, 0.4) is 0 Å². The van der Waals surface area contributed by atoms with Crippen LogP contribution in [-0.4, -0.2) is 35.2 Å². The lowest BCUT2D eigenvalue weighted by molar-refractivity contribution is -0.122. The molecule has 0 saturated carbocycles. The van der Waals surface area contributed by atoms with Crippen LogP contribution in [0.5, 0.6) is 5.75 Å². The predicted octanol–water partition coefficient (Wildman–Crippen LogP) is 4.43. The fraction of sp³-hybridized carbons (Fsp3) is 0.273. The standard InChI is InChI=1S/C22H23N3O2S/c1-14-4-9-19(12-15(14)2)27-16(3)21(26)24-18-7-5-17(6-8-18)20-13-28-22-23-10-11-25(20)22/h4-9,12-13,16H,10-11H2,1-3H3,(H,24,26). The quantitative estimate of drug-likeness (QED) is 0.817. The molecule has 2 aliphatic rings. The van der Waals surface area contributed by atoms with Crippen molar-refractivity contribution in [2.24, 2.45) is 4.99 Å². The van der Waals surface area contributed by atoms with Gasteiger partial charge < -0.3 is 15.0 Å². The SMILES string of the molecule is Cc1ccc(OC(C)C(=O)Nc2ccc(C3=CSC4=NCCN34)cc2)cc1C. The Morgan fingerprint density at radius 1 is 1.18 bits per heavy atom. The first kappa shape index (κ1) is 18.6. The number of carbonyl (C=O) groups is 1. The molecule has 0 aromatic heterocycles. The van der Waals surface area contributed by atoms with Gasteiger partial charge in [0, 0.05) is 17.6 Å². The van der Waals surface area contributed by atoms with Crippen LogP contribution in [0.15, 0.2) is 52.9 Å². The molecule has 5 nitrogen and oxygen atoms in total. The van der Waals surface area contributed by atoms with Crippen molar-refractivity contribution in [3.05, 3.63) is 64.6 Å². The second-order valence-electron chi connectivity index (χ2n) is 7.01. The molecule has 1 unspecified atom stereocenters. The highest BCUT2D eigenvalue weighted by Crippen LogP contribution is 2.35. The van der Waals surface area contributed by atoms with E-state index in [-0.39, 0.29) is 5.91 Å². The lowest BCUT2D eigenvalue weighted by atomic mass is 10.1. The Balaban J connectivity index is 1.38. The van der Waals surface area contributed by atoms with E-state index in [4.69, 9.17) is 4.74 Å². The van der Waals surface area contributed by atoms with Crippen LogP contribution in [0.2, 0.25) is 0 Å². The normalized spacial score (nSPS) is 16.3. The fourth-order valence-electron chi connectivity index (χ4n) is 3.16. The van der Waals surface area contributed by atoms with Gasteiger partial charge in [-0.2, -0.15) is 0 Å². The van der Waals surface area contributed by atoms with Crippen molar-refractivity contribution in [3.8, 4) is 5.75 Å². The van der Waals surface area contributed by atoms with E-state index in [9.17, 15) is 4.79 Å². The van der Waals surface area contributed by atoms with Gasteiger partial charge in [-0.25, -0.2) is 0 Å². The van der Waals surface area contributed by atoms with Crippen molar-refractivity contribution >= 4 is 34.2 Å². The summed E-state index contributed by atoms with van der Waals surface area (Å²) in [6, 6.07) is 13.7. The molecule has 2 aromatic carbocycles. The Bertz CT molecular complexity index is 966. The molecule has 6 heteroatoms. The smallest absolute Gasteiger partial charge is 0.265 e. The molecule has 0 spiro atoms. The number of fused-ring (bicyclic) bond motifs is 1. The molecule has 0 fully saturated rings. The first-order chi connectivity index (χ1) is 13.5. The van der Waals surface area contributed by atoms with Crippen LogP contribution in [0.25, 0.3) is 5.70 Å². The number of anilines is 1. The number of amides is 1. The third-order valence-corrected chi connectivity index (χ3v) is 5.88. The molecule has 144 valence electrons. The van der Waals surface area contributed by atoms with Gasteiger partial charge in [0.15, 0.2) is 11.3 Å². The van der Waals surface area contributed by atoms with Crippen LogP contribution in [-0.2, 0) is 4.79 Å². The summed E-state index contributed by atoms with van der Waals surface area (Å²) >= 11 is 1.66. The second-order valence-corrected chi connectivity index (χ2v) is 7.85. The van der Waals surface area contributed by atoms with Gasteiger partial charge in [-0.3, -0.25) is 9.79 Å². The maximum atomic E-state index is 12.5. The van der Waals surface area contributed by atoms with Crippen LogP contribution >= 0.6 is 11.8 Å². The van der Waals surface area contributed by atoms with E-state index in [1.54, 1.807) is 18.7 Å². The average molecular weight is 394 g/mol. The van der Waals surface area contributed by atoms with E-state index < -0.39 is 6.10 Å². The molecule has 0 radical (unpaired) electrons. The molecule has 2 aromatic rings. The van der Waals surface area contributed by atoms with E-state index >= 15 is 0 Å². The van der Waals surface area contributed by atoms with Crippen molar-refractivity contribution < 1.29 is 9.53 Å². The summed E-state index contributed by atoms with van der Waals surface area (Å²) in [5.41, 5.74) is 5.40. The molecule has 2 heterocycles. The molecule has 28 heavy (non-hydrogen) atoms. The average Bonchev–Trinajstić information content (AvgIpc) is 3.29. The first-order valence-electron chi connectivity index (χ1n) is 9.35. The number of ether oxygens (including phenoxy) is 1. The van der Waals surface area contributed by atoms with E-state index in [0.717, 1.165) is 35.1 Å². The van der Waals surface area contributed by atoms with Gasteiger partial charge in [-0.1, -0.05) is 30.0 Å². The van der Waals surface area contributed by atoms with Crippen LogP contribution < -0.4 is 10.1 Å². The summed E-state index contributed by atoms with van der Waals surface area (Å²) in [6.45, 7) is 7.63. The minimum absolute atomic E-state index is 0.171. The molecule has 0 saturated heterocycles. The number of carbonyl (C=O) groups excluding carboxylic acids is 1. The molecule has 1 atom stereocenters. The van der Waals surface area contributed by atoms with Gasteiger partial charge in [-0.15, -0.1) is 0 Å². The molecule has 2 aliphatic heterocycles. The van der Waals surface area contributed by atoms with Gasteiger partial charge in [0.05, 0.1) is 12.2 Å². The third-order valence-electron chi connectivity index (χ3n) is 4.98. The summed E-state index contributed by atoms with van der Waals surface area (Å²) in [5.74, 6) is 0.533. The maximum Gasteiger partial charge on any atom is 0.265 e. The van der Waals surface area contributed by atoms with Crippen molar-refractivity contribution in [2.45, 2.75) is 26.9 Å². The number of nitrogens with zero attached hydrogens (tertiary/aromatic N) is 2. The molecule has 4 rings (SSSR count).